The molecule has 3 aromatic carbocycles. The molecule has 0 aliphatic rings. The van der Waals surface area contributed by atoms with E-state index in [1.807, 2.05) is 48.5 Å². The molecule has 1 N–H and O–H groups in total. The van der Waals surface area contributed by atoms with Crippen LogP contribution in [-0.4, -0.2) is 10.9 Å². The maximum absolute atomic E-state index is 13.2. The second-order valence-electron chi connectivity index (χ2n) is 7.85. The number of nitrogens with zero attached hydrogens (tertiary/aromatic N) is 1. The van der Waals surface area contributed by atoms with Crippen LogP contribution in [0.4, 0.5) is 5.69 Å². The van der Waals surface area contributed by atoms with E-state index in [4.69, 9.17) is 0 Å². The average molecular weight is 395 g/mol. The van der Waals surface area contributed by atoms with Crippen LogP contribution in [0, 0.1) is 6.92 Å². The summed E-state index contributed by atoms with van der Waals surface area (Å²) in [6, 6.07) is 26.3. The Morgan fingerprint density at radius 3 is 2.60 bits per heavy atom. The highest BCUT2D eigenvalue weighted by molar-refractivity contribution is 6.09. The Morgan fingerprint density at radius 1 is 0.967 bits per heavy atom. The fourth-order valence-electron chi connectivity index (χ4n) is 3.87. The number of anilines is 1. The van der Waals surface area contributed by atoms with Gasteiger partial charge in [0, 0.05) is 17.1 Å². The van der Waals surface area contributed by atoms with Gasteiger partial charge in [-0.25, -0.2) is 0 Å². The Morgan fingerprint density at radius 2 is 1.77 bits per heavy atom. The van der Waals surface area contributed by atoms with Crippen molar-refractivity contribution in [2.75, 3.05) is 5.32 Å². The van der Waals surface area contributed by atoms with Gasteiger partial charge in [-0.2, -0.15) is 0 Å². The van der Waals surface area contributed by atoms with Crippen LogP contribution < -0.4 is 5.32 Å². The van der Waals surface area contributed by atoms with Gasteiger partial charge in [-0.1, -0.05) is 73.2 Å². The number of amides is 1. The summed E-state index contributed by atoms with van der Waals surface area (Å²) in [5.41, 5.74) is 5.86. The molecule has 0 spiro atoms. The van der Waals surface area contributed by atoms with Gasteiger partial charge in [0.1, 0.15) is 0 Å². The van der Waals surface area contributed by atoms with E-state index >= 15 is 0 Å². The van der Waals surface area contributed by atoms with Crippen molar-refractivity contribution in [2.45, 2.75) is 32.6 Å². The first kappa shape index (κ1) is 19.8. The molecule has 0 aliphatic heterocycles. The molecule has 30 heavy (non-hydrogen) atoms. The van der Waals surface area contributed by atoms with Crippen LogP contribution in [0.25, 0.3) is 10.9 Å². The molecule has 3 heteroatoms. The SMILES string of the molecule is Cc1ccc(C(=O)Nc2cccc3cccnc23)c(C(C)CCc2ccccc2)c1. The number of hydrogen-bond acceptors (Lipinski definition) is 2. The largest absolute Gasteiger partial charge is 0.320 e. The van der Waals surface area contributed by atoms with E-state index < -0.39 is 0 Å². The molecule has 1 amide bonds. The third-order valence-electron chi connectivity index (χ3n) is 5.57. The van der Waals surface area contributed by atoms with Gasteiger partial charge in [-0.15, -0.1) is 0 Å². The van der Waals surface area contributed by atoms with E-state index in [2.05, 4.69) is 54.5 Å². The van der Waals surface area contributed by atoms with Crippen molar-refractivity contribution in [3.05, 3.63) is 107 Å². The monoisotopic (exact) mass is 394 g/mol. The summed E-state index contributed by atoms with van der Waals surface area (Å²) in [5.74, 6) is 0.186. The minimum Gasteiger partial charge on any atom is -0.320 e. The van der Waals surface area contributed by atoms with Crippen molar-refractivity contribution >= 4 is 22.5 Å². The summed E-state index contributed by atoms with van der Waals surface area (Å²) >= 11 is 0. The molecule has 0 aliphatic carbocycles. The van der Waals surface area contributed by atoms with Crippen LogP contribution in [0.5, 0.6) is 0 Å². The molecule has 1 atom stereocenters. The van der Waals surface area contributed by atoms with Gasteiger partial charge >= 0.3 is 0 Å². The quantitative estimate of drug-likeness (QED) is 0.404. The number of rotatable bonds is 6. The number of aromatic nitrogens is 1. The molecule has 0 fully saturated rings. The lowest BCUT2D eigenvalue weighted by molar-refractivity contribution is 0.102. The van der Waals surface area contributed by atoms with Crippen molar-refractivity contribution in [2.24, 2.45) is 0 Å². The summed E-state index contributed by atoms with van der Waals surface area (Å²) in [6.07, 6.45) is 3.73. The molecule has 0 bridgehead atoms. The third-order valence-corrected chi connectivity index (χ3v) is 5.57. The van der Waals surface area contributed by atoms with Crippen molar-refractivity contribution < 1.29 is 4.79 Å². The maximum Gasteiger partial charge on any atom is 0.256 e. The highest BCUT2D eigenvalue weighted by Gasteiger charge is 2.17. The molecule has 3 nitrogen and oxygen atoms in total. The number of para-hydroxylation sites is 1. The molecule has 0 saturated carbocycles. The van der Waals surface area contributed by atoms with Crippen LogP contribution in [0.3, 0.4) is 0 Å². The first-order chi connectivity index (χ1) is 14.6. The Bertz CT molecular complexity index is 1160. The standard InChI is InChI=1S/C27H26N2O/c1-19-13-16-23(24(18-19)20(2)14-15-21-8-4-3-5-9-21)27(30)29-25-12-6-10-22-11-7-17-28-26(22)25/h3-13,16-18,20H,14-15H2,1-2H3,(H,29,30). The summed E-state index contributed by atoms with van der Waals surface area (Å²) in [5, 5.41) is 4.10. The fraction of sp³-hybridized carbons (Fsp3) is 0.185. The molecular formula is C27H26N2O. The zero-order valence-electron chi connectivity index (χ0n) is 17.4. The third kappa shape index (κ3) is 4.41. The summed E-state index contributed by atoms with van der Waals surface area (Å²) in [7, 11) is 0. The van der Waals surface area contributed by atoms with Gasteiger partial charge in [-0.3, -0.25) is 9.78 Å². The van der Waals surface area contributed by atoms with Crippen LogP contribution >= 0.6 is 0 Å². The number of benzene rings is 3. The summed E-state index contributed by atoms with van der Waals surface area (Å²) < 4.78 is 0. The first-order valence-corrected chi connectivity index (χ1v) is 10.4. The molecule has 0 radical (unpaired) electrons. The minimum atomic E-state index is -0.0882. The van der Waals surface area contributed by atoms with E-state index in [9.17, 15) is 4.79 Å². The molecule has 1 unspecified atom stereocenters. The number of pyridine rings is 1. The van der Waals surface area contributed by atoms with Gasteiger partial charge < -0.3 is 5.32 Å². The van der Waals surface area contributed by atoms with Gasteiger partial charge in [-0.05, 0) is 55.0 Å². The second kappa shape index (κ2) is 8.91. The Balaban J connectivity index is 1.58. The number of carbonyl (C=O) groups excluding carboxylic acids is 1. The number of fused-ring (bicyclic) bond motifs is 1. The number of hydrogen-bond donors (Lipinski definition) is 1. The topological polar surface area (TPSA) is 42.0 Å². The predicted molar refractivity (Wildman–Crippen MR) is 124 cm³/mol. The average Bonchev–Trinajstić information content (AvgIpc) is 2.78. The van der Waals surface area contributed by atoms with Crippen molar-refractivity contribution in [3.63, 3.8) is 0 Å². The highest BCUT2D eigenvalue weighted by atomic mass is 16.1. The van der Waals surface area contributed by atoms with E-state index in [-0.39, 0.29) is 11.8 Å². The number of aryl methyl sites for hydroxylation is 2. The lowest BCUT2D eigenvalue weighted by Crippen LogP contribution is -2.16. The van der Waals surface area contributed by atoms with Crippen LogP contribution in [0.1, 0.15) is 46.3 Å². The Labute approximate surface area is 177 Å². The summed E-state index contributed by atoms with van der Waals surface area (Å²) in [6.45, 7) is 4.28. The van der Waals surface area contributed by atoms with Gasteiger partial charge in [0.25, 0.3) is 5.91 Å². The minimum absolute atomic E-state index is 0.0882. The van der Waals surface area contributed by atoms with Crippen molar-refractivity contribution in [1.29, 1.82) is 0 Å². The van der Waals surface area contributed by atoms with Gasteiger partial charge in [0.05, 0.1) is 11.2 Å². The lowest BCUT2D eigenvalue weighted by atomic mass is 9.89. The molecule has 4 rings (SSSR count). The highest BCUT2D eigenvalue weighted by Crippen LogP contribution is 2.28. The number of nitrogens with one attached hydrogen (secondary N) is 1. The Hall–Kier alpha value is -3.46. The van der Waals surface area contributed by atoms with E-state index in [1.165, 1.54) is 11.1 Å². The second-order valence-corrected chi connectivity index (χ2v) is 7.85. The number of carbonyl (C=O) groups is 1. The van der Waals surface area contributed by atoms with Crippen molar-refractivity contribution in [3.8, 4) is 0 Å². The molecule has 4 aromatic rings. The van der Waals surface area contributed by atoms with Crippen molar-refractivity contribution in [1.82, 2.24) is 4.98 Å². The zero-order chi connectivity index (χ0) is 20.9. The smallest absolute Gasteiger partial charge is 0.256 e. The summed E-state index contributed by atoms with van der Waals surface area (Å²) in [4.78, 5) is 17.7. The van der Waals surface area contributed by atoms with Crippen LogP contribution in [0.2, 0.25) is 0 Å². The van der Waals surface area contributed by atoms with E-state index in [0.29, 0.717) is 0 Å². The molecule has 0 saturated heterocycles. The van der Waals surface area contributed by atoms with Crippen LogP contribution in [-0.2, 0) is 6.42 Å². The van der Waals surface area contributed by atoms with E-state index in [1.54, 1.807) is 6.20 Å². The predicted octanol–water partition coefficient (Wildman–Crippen LogP) is 6.53. The van der Waals surface area contributed by atoms with Gasteiger partial charge in [0.15, 0.2) is 0 Å². The molecule has 150 valence electrons. The molecule has 1 aromatic heterocycles. The van der Waals surface area contributed by atoms with E-state index in [0.717, 1.165) is 40.6 Å². The molecular weight excluding hydrogens is 368 g/mol. The first-order valence-electron chi connectivity index (χ1n) is 10.4. The zero-order valence-corrected chi connectivity index (χ0v) is 17.4. The Kier molecular flexibility index (Phi) is 5.89. The van der Waals surface area contributed by atoms with Crippen LogP contribution in [0.15, 0.2) is 85.1 Å². The fourth-order valence-corrected chi connectivity index (χ4v) is 3.87. The lowest BCUT2D eigenvalue weighted by Gasteiger charge is -2.18. The van der Waals surface area contributed by atoms with Gasteiger partial charge in [0.2, 0.25) is 0 Å². The molecule has 1 heterocycles. The maximum atomic E-state index is 13.2. The normalized spacial score (nSPS) is 11.9.